The van der Waals surface area contributed by atoms with Crippen LogP contribution in [-0.2, 0) is 0 Å². The number of hydrogen-bond acceptors (Lipinski definition) is 7. The second kappa shape index (κ2) is 7.93. The van der Waals surface area contributed by atoms with E-state index in [4.69, 9.17) is 49.0 Å². The Hall–Kier alpha value is -2.00. The number of thiophene rings is 1. The molecule has 0 fully saturated rings. The van der Waals surface area contributed by atoms with Crippen LogP contribution >= 0.6 is 46.1 Å². The SMILES string of the molecule is COc1c(Cl)c(NC(=O)c2csc3c(OC)ncnc23)c(Cl)c(OC)c1Cl. The van der Waals surface area contributed by atoms with E-state index in [-0.39, 0.29) is 32.3 Å². The van der Waals surface area contributed by atoms with Crippen LogP contribution in [0.2, 0.25) is 15.1 Å². The molecule has 3 aromatic rings. The summed E-state index contributed by atoms with van der Waals surface area (Å²) < 4.78 is 16.2. The van der Waals surface area contributed by atoms with Gasteiger partial charge in [0.25, 0.3) is 5.91 Å². The molecule has 3 rings (SSSR count). The van der Waals surface area contributed by atoms with E-state index in [0.29, 0.717) is 21.7 Å². The highest BCUT2D eigenvalue weighted by Crippen LogP contribution is 2.50. The van der Waals surface area contributed by atoms with E-state index in [0.717, 1.165) is 0 Å². The van der Waals surface area contributed by atoms with E-state index in [1.54, 1.807) is 5.38 Å². The lowest BCUT2D eigenvalue weighted by Gasteiger charge is -2.17. The van der Waals surface area contributed by atoms with Crippen LogP contribution in [0.15, 0.2) is 11.7 Å². The van der Waals surface area contributed by atoms with Crippen molar-refractivity contribution in [3.63, 3.8) is 0 Å². The smallest absolute Gasteiger partial charge is 0.258 e. The van der Waals surface area contributed by atoms with Gasteiger partial charge in [-0.15, -0.1) is 11.3 Å². The lowest BCUT2D eigenvalue weighted by Crippen LogP contribution is -2.13. The largest absolute Gasteiger partial charge is 0.493 e. The van der Waals surface area contributed by atoms with Crippen LogP contribution in [0.25, 0.3) is 10.2 Å². The van der Waals surface area contributed by atoms with Gasteiger partial charge in [0.2, 0.25) is 5.88 Å². The molecule has 1 amide bonds. The quantitative estimate of drug-likeness (QED) is 0.596. The lowest BCUT2D eigenvalue weighted by molar-refractivity contribution is 0.102. The fourth-order valence-corrected chi connectivity index (χ4v) is 4.48. The Balaban J connectivity index is 2.07. The summed E-state index contributed by atoms with van der Waals surface area (Å²) in [4.78, 5) is 21.0. The number of methoxy groups -OCH3 is 3. The first-order chi connectivity index (χ1) is 12.9. The van der Waals surface area contributed by atoms with Crippen LogP contribution in [0.5, 0.6) is 17.4 Å². The number of nitrogens with one attached hydrogen (secondary N) is 1. The molecule has 7 nitrogen and oxygen atoms in total. The number of halogens is 3. The third-order valence-corrected chi connectivity index (χ3v) is 5.66. The third-order valence-electron chi connectivity index (χ3n) is 3.64. The van der Waals surface area contributed by atoms with Crippen molar-refractivity contribution in [2.75, 3.05) is 26.6 Å². The van der Waals surface area contributed by atoms with Crippen molar-refractivity contribution >= 4 is 68.0 Å². The molecule has 142 valence electrons. The maximum Gasteiger partial charge on any atom is 0.258 e. The van der Waals surface area contributed by atoms with Crippen LogP contribution in [-0.4, -0.2) is 37.2 Å². The summed E-state index contributed by atoms with van der Waals surface area (Å²) in [5.41, 5.74) is 0.877. The van der Waals surface area contributed by atoms with Crippen molar-refractivity contribution < 1.29 is 19.0 Å². The highest BCUT2D eigenvalue weighted by atomic mass is 35.5. The van der Waals surface area contributed by atoms with Gasteiger partial charge >= 0.3 is 0 Å². The van der Waals surface area contributed by atoms with Crippen LogP contribution < -0.4 is 19.5 Å². The van der Waals surface area contributed by atoms with Gasteiger partial charge in [-0.25, -0.2) is 9.97 Å². The summed E-state index contributed by atoms with van der Waals surface area (Å²) in [6, 6.07) is 0. The number of carbonyl (C=O) groups excluding carboxylic acids is 1. The molecule has 0 aliphatic heterocycles. The maximum atomic E-state index is 12.8. The van der Waals surface area contributed by atoms with Gasteiger partial charge in [0.15, 0.2) is 11.5 Å². The van der Waals surface area contributed by atoms with E-state index < -0.39 is 5.91 Å². The topological polar surface area (TPSA) is 82.6 Å². The van der Waals surface area contributed by atoms with Gasteiger partial charge in [0, 0.05) is 5.38 Å². The van der Waals surface area contributed by atoms with Gasteiger partial charge in [-0.1, -0.05) is 34.8 Å². The number of amides is 1. The van der Waals surface area contributed by atoms with E-state index in [2.05, 4.69) is 15.3 Å². The lowest BCUT2D eigenvalue weighted by atomic mass is 10.2. The monoisotopic (exact) mass is 447 g/mol. The minimum absolute atomic E-state index is 0.0494. The molecule has 0 bridgehead atoms. The summed E-state index contributed by atoms with van der Waals surface area (Å²) in [7, 11) is 4.27. The molecule has 0 atom stereocenters. The molecular weight excluding hydrogens is 437 g/mol. The first-order valence-corrected chi connectivity index (χ1v) is 9.31. The first kappa shape index (κ1) is 19.8. The Morgan fingerprint density at radius 3 is 2.19 bits per heavy atom. The highest BCUT2D eigenvalue weighted by Gasteiger charge is 2.25. The van der Waals surface area contributed by atoms with Crippen molar-refractivity contribution in [1.29, 1.82) is 0 Å². The average Bonchev–Trinajstić information content (AvgIpc) is 3.10. The number of nitrogens with zero attached hydrogens (tertiary/aromatic N) is 2. The summed E-state index contributed by atoms with van der Waals surface area (Å²) >= 11 is 20.1. The fraction of sp³-hybridized carbons (Fsp3) is 0.188. The second-order valence-electron chi connectivity index (χ2n) is 5.05. The number of fused-ring (bicyclic) bond motifs is 1. The van der Waals surface area contributed by atoms with Crippen molar-refractivity contribution in [1.82, 2.24) is 9.97 Å². The van der Waals surface area contributed by atoms with Gasteiger partial charge in [0.1, 0.15) is 31.6 Å². The van der Waals surface area contributed by atoms with Gasteiger partial charge < -0.3 is 19.5 Å². The Labute approximate surface area is 173 Å². The minimum atomic E-state index is -0.475. The normalized spacial score (nSPS) is 10.7. The zero-order valence-corrected chi connectivity index (χ0v) is 17.3. The van der Waals surface area contributed by atoms with Crippen LogP contribution in [0.4, 0.5) is 5.69 Å². The van der Waals surface area contributed by atoms with Crippen molar-refractivity contribution in [3.8, 4) is 17.4 Å². The Bertz CT molecular complexity index is 1010. The summed E-state index contributed by atoms with van der Waals surface area (Å²) in [6.45, 7) is 0. The zero-order chi connectivity index (χ0) is 19.7. The highest BCUT2D eigenvalue weighted by molar-refractivity contribution is 7.18. The molecule has 0 saturated carbocycles. The Kier molecular flexibility index (Phi) is 5.81. The number of aromatic nitrogens is 2. The molecule has 2 heterocycles. The number of carbonyl (C=O) groups is 1. The zero-order valence-electron chi connectivity index (χ0n) is 14.2. The number of anilines is 1. The molecule has 27 heavy (non-hydrogen) atoms. The Morgan fingerprint density at radius 2 is 1.63 bits per heavy atom. The average molecular weight is 449 g/mol. The van der Waals surface area contributed by atoms with E-state index in [9.17, 15) is 4.79 Å². The summed E-state index contributed by atoms with van der Waals surface area (Å²) in [5, 5.41) is 4.52. The standard InChI is InChI=1S/C16H12Cl3N3O4S/c1-24-12-7(17)11(8(18)13(25-2)9(12)19)22-15(23)6-4-27-14-10(6)20-5-21-16(14)26-3/h4-5H,1-3H3,(H,22,23). The van der Waals surface area contributed by atoms with Gasteiger partial charge in [-0.3, -0.25) is 4.79 Å². The molecule has 0 aliphatic rings. The Morgan fingerprint density at radius 1 is 1.00 bits per heavy atom. The van der Waals surface area contributed by atoms with E-state index in [1.807, 2.05) is 0 Å². The minimum Gasteiger partial charge on any atom is -0.493 e. The van der Waals surface area contributed by atoms with Crippen LogP contribution in [0, 0.1) is 0 Å². The number of hydrogen-bond donors (Lipinski definition) is 1. The van der Waals surface area contributed by atoms with Gasteiger partial charge in [-0.05, 0) is 0 Å². The molecule has 0 saturated heterocycles. The van der Waals surface area contributed by atoms with E-state index >= 15 is 0 Å². The van der Waals surface area contributed by atoms with Crippen molar-refractivity contribution in [3.05, 3.63) is 32.3 Å². The predicted octanol–water partition coefficient (Wildman–Crippen LogP) is 4.93. The summed E-state index contributed by atoms with van der Waals surface area (Å²) in [5.74, 6) is 0.176. The molecule has 11 heteroatoms. The molecule has 0 spiro atoms. The number of ether oxygens (including phenoxy) is 3. The molecule has 0 unspecified atom stereocenters. The van der Waals surface area contributed by atoms with Crippen LogP contribution in [0.3, 0.4) is 0 Å². The van der Waals surface area contributed by atoms with Crippen LogP contribution in [0.1, 0.15) is 10.4 Å². The van der Waals surface area contributed by atoms with E-state index in [1.165, 1.54) is 39.0 Å². The second-order valence-corrected chi connectivity index (χ2v) is 7.06. The molecular formula is C16H12Cl3N3O4S. The predicted molar refractivity (Wildman–Crippen MR) is 106 cm³/mol. The summed E-state index contributed by atoms with van der Waals surface area (Å²) in [6.07, 6.45) is 1.32. The van der Waals surface area contributed by atoms with Crippen molar-refractivity contribution in [2.24, 2.45) is 0 Å². The van der Waals surface area contributed by atoms with Crippen molar-refractivity contribution in [2.45, 2.75) is 0 Å². The molecule has 0 radical (unpaired) electrons. The third kappa shape index (κ3) is 3.34. The first-order valence-electron chi connectivity index (χ1n) is 7.30. The molecule has 1 aromatic carbocycles. The molecule has 1 N–H and O–H groups in total. The maximum absolute atomic E-state index is 12.8. The van der Waals surface area contributed by atoms with Gasteiger partial charge in [0.05, 0.1) is 32.6 Å². The fourth-order valence-electron chi connectivity index (χ4n) is 2.40. The molecule has 2 aromatic heterocycles. The number of benzene rings is 1. The molecule has 0 aliphatic carbocycles. The van der Waals surface area contributed by atoms with Gasteiger partial charge in [-0.2, -0.15) is 0 Å². The number of rotatable bonds is 5.